The summed E-state index contributed by atoms with van der Waals surface area (Å²) in [5, 5.41) is 3.51. The Bertz CT molecular complexity index is 909. The number of nitrogens with zero attached hydrogens (tertiary/aromatic N) is 2. The zero-order valence-corrected chi connectivity index (χ0v) is 16.6. The zero-order chi connectivity index (χ0) is 19.8. The Labute approximate surface area is 169 Å². The van der Waals surface area contributed by atoms with Crippen molar-refractivity contribution < 1.29 is 14.3 Å². The van der Waals surface area contributed by atoms with Crippen molar-refractivity contribution >= 4 is 28.5 Å². The highest BCUT2D eigenvalue weighted by Crippen LogP contribution is 2.17. The van der Waals surface area contributed by atoms with E-state index in [0.717, 1.165) is 23.4 Å². The first-order valence-electron chi connectivity index (χ1n) is 9.34. The fourth-order valence-corrected chi connectivity index (χ4v) is 3.04. The maximum atomic E-state index is 12.0. The molecule has 148 valence electrons. The molecule has 0 aliphatic rings. The van der Waals surface area contributed by atoms with E-state index in [1.165, 1.54) is 0 Å². The molecule has 3 aromatic rings. The van der Waals surface area contributed by atoms with Gasteiger partial charge in [-0.3, -0.25) is 4.79 Å². The zero-order valence-electron chi connectivity index (χ0n) is 15.9. The second kappa shape index (κ2) is 10.1. The number of amides is 1. The lowest BCUT2D eigenvalue weighted by atomic mass is 10.3. The lowest BCUT2D eigenvalue weighted by Crippen LogP contribution is -2.31. The molecule has 7 heteroatoms. The van der Waals surface area contributed by atoms with Gasteiger partial charge in [0.25, 0.3) is 5.91 Å². The van der Waals surface area contributed by atoms with Gasteiger partial charge in [-0.2, -0.15) is 0 Å². The number of ether oxygens (including phenoxy) is 2. The van der Waals surface area contributed by atoms with Crippen molar-refractivity contribution in [2.45, 2.75) is 19.9 Å². The van der Waals surface area contributed by atoms with Gasteiger partial charge in [0, 0.05) is 31.1 Å². The molecule has 1 aromatic heterocycles. The summed E-state index contributed by atoms with van der Waals surface area (Å²) in [6.07, 6.45) is 0.632. The topological polar surface area (TPSA) is 65.4 Å². The summed E-state index contributed by atoms with van der Waals surface area (Å²) in [5.74, 6) is 1.36. The van der Waals surface area contributed by atoms with Gasteiger partial charge in [0.05, 0.1) is 17.6 Å². The summed E-state index contributed by atoms with van der Waals surface area (Å²) >= 11 is 5.83. The van der Waals surface area contributed by atoms with Crippen molar-refractivity contribution in [3.8, 4) is 5.75 Å². The molecule has 0 aliphatic heterocycles. The van der Waals surface area contributed by atoms with Crippen molar-refractivity contribution in [3.63, 3.8) is 0 Å². The van der Waals surface area contributed by atoms with Crippen LogP contribution >= 0.6 is 11.6 Å². The number of benzene rings is 2. The van der Waals surface area contributed by atoms with E-state index in [1.54, 1.807) is 24.3 Å². The predicted molar refractivity (Wildman–Crippen MR) is 110 cm³/mol. The molecule has 0 fully saturated rings. The van der Waals surface area contributed by atoms with Crippen molar-refractivity contribution in [3.05, 3.63) is 59.4 Å². The van der Waals surface area contributed by atoms with Crippen LogP contribution in [0.15, 0.2) is 48.5 Å². The first-order valence-corrected chi connectivity index (χ1v) is 9.72. The van der Waals surface area contributed by atoms with Crippen LogP contribution < -0.4 is 10.1 Å². The van der Waals surface area contributed by atoms with Gasteiger partial charge in [0.15, 0.2) is 6.61 Å². The Kier molecular flexibility index (Phi) is 7.28. The first-order chi connectivity index (χ1) is 13.7. The minimum absolute atomic E-state index is 0.0393. The normalized spacial score (nSPS) is 10.9. The summed E-state index contributed by atoms with van der Waals surface area (Å²) < 4.78 is 13.1. The van der Waals surface area contributed by atoms with Crippen molar-refractivity contribution in [2.24, 2.45) is 0 Å². The van der Waals surface area contributed by atoms with Gasteiger partial charge in [-0.25, -0.2) is 4.98 Å². The highest BCUT2D eigenvalue weighted by molar-refractivity contribution is 6.30. The number of nitrogens with one attached hydrogen (secondary N) is 1. The van der Waals surface area contributed by atoms with Crippen LogP contribution in [0.1, 0.15) is 12.7 Å². The van der Waals surface area contributed by atoms with Crippen LogP contribution in [-0.2, 0) is 22.5 Å². The van der Waals surface area contributed by atoms with E-state index in [9.17, 15) is 4.79 Å². The van der Waals surface area contributed by atoms with Crippen molar-refractivity contribution in [2.75, 3.05) is 26.4 Å². The van der Waals surface area contributed by atoms with E-state index in [2.05, 4.69) is 16.0 Å². The maximum Gasteiger partial charge on any atom is 0.257 e. The summed E-state index contributed by atoms with van der Waals surface area (Å²) in [7, 11) is 0. The molecule has 0 aliphatic carbocycles. The monoisotopic (exact) mass is 401 g/mol. The average molecular weight is 402 g/mol. The third-order valence-electron chi connectivity index (χ3n) is 4.25. The van der Waals surface area contributed by atoms with E-state index in [0.29, 0.717) is 37.0 Å². The molecule has 0 unspecified atom stereocenters. The fourth-order valence-electron chi connectivity index (χ4n) is 2.91. The smallest absolute Gasteiger partial charge is 0.257 e. The van der Waals surface area contributed by atoms with E-state index >= 15 is 0 Å². The molecule has 0 atom stereocenters. The van der Waals surface area contributed by atoms with Crippen LogP contribution in [0, 0.1) is 0 Å². The molecule has 0 radical (unpaired) electrons. The molecular weight excluding hydrogens is 378 g/mol. The number of carbonyl (C=O) groups is 1. The molecule has 6 nitrogen and oxygen atoms in total. The van der Waals surface area contributed by atoms with Crippen molar-refractivity contribution in [1.82, 2.24) is 14.9 Å². The van der Waals surface area contributed by atoms with Crippen LogP contribution in [-0.4, -0.2) is 41.8 Å². The number of imidazole rings is 1. The quantitative estimate of drug-likeness (QED) is 0.528. The standard InChI is InChI=1S/C21H24ClN3O3/c1-2-27-14-13-25-19-6-4-3-5-18(19)24-20(25)11-12-23-21(26)15-28-17-9-7-16(22)8-10-17/h3-10H,2,11-15H2,1H3,(H,23,26). The Morgan fingerprint density at radius 1 is 1.18 bits per heavy atom. The van der Waals surface area contributed by atoms with E-state index < -0.39 is 0 Å². The van der Waals surface area contributed by atoms with E-state index in [-0.39, 0.29) is 12.5 Å². The second-order valence-electron chi connectivity index (χ2n) is 6.21. The summed E-state index contributed by atoms with van der Waals surface area (Å²) in [6, 6.07) is 14.9. The lowest BCUT2D eigenvalue weighted by Gasteiger charge is -2.10. The molecule has 1 N–H and O–H groups in total. The van der Waals surface area contributed by atoms with Gasteiger partial charge in [-0.1, -0.05) is 23.7 Å². The molecule has 2 aromatic carbocycles. The second-order valence-corrected chi connectivity index (χ2v) is 6.64. The van der Waals surface area contributed by atoms with Crippen LogP contribution in [0.2, 0.25) is 5.02 Å². The highest BCUT2D eigenvalue weighted by Gasteiger charge is 2.11. The Morgan fingerprint density at radius 3 is 2.75 bits per heavy atom. The van der Waals surface area contributed by atoms with Crippen LogP contribution in [0.4, 0.5) is 0 Å². The lowest BCUT2D eigenvalue weighted by molar-refractivity contribution is -0.123. The number of hydrogen-bond acceptors (Lipinski definition) is 4. The third kappa shape index (κ3) is 5.47. The SMILES string of the molecule is CCOCCn1c(CCNC(=O)COc2ccc(Cl)cc2)nc2ccccc21. The molecule has 3 rings (SSSR count). The number of carbonyl (C=O) groups excluding carboxylic acids is 1. The third-order valence-corrected chi connectivity index (χ3v) is 4.50. The van der Waals surface area contributed by atoms with E-state index in [1.807, 2.05) is 25.1 Å². The van der Waals surface area contributed by atoms with Crippen molar-refractivity contribution in [1.29, 1.82) is 0 Å². The molecule has 0 spiro atoms. The molecule has 0 bridgehead atoms. The summed E-state index contributed by atoms with van der Waals surface area (Å²) in [5.41, 5.74) is 2.03. The largest absolute Gasteiger partial charge is 0.484 e. The Morgan fingerprint density at radius 2 is 1.96 bits per heavy atom. The number of halogens is 1. The number of para-hydroxylation sites is 2. The van der Waals surface area contributed by atoms with Gasteiger partial charge in [-0.05, 0) is 43.3 Å². The summed E-state index contributed by atoms with van der Waals surface area (Å²) in [4.78, 5) is 16.7. The molecule has 1 amide bonds. The Hall–Kier alpha value is -2.57. The number of rotatable bonds is 10. The summed E-state index contributed by atoms with van der Waals surface area (Å²) in [6.45, 7) is 4.48. The van der Waals surface area contributed by atoms with Crippen LogP contribution in [0.25, 0.3) is 11.0 Å². The first kappa shape index (κ1) is 20.2. The number of fused-ring (bicyclic) bond motifs is 1. The van der Waals surface area contributed by atoms with Gasteiger partial charge in [0.1, 0.15) is 11.6 Å². The molecule has 0 saturated carbocycles. The molecular formula is C21H24ClN3O3. The maximum absolute atomic E-state index is 12.0. The Balaban J connectivity index is 1.53. The van der Waals surface area contributed by atoms with E-state index in [4.69, 9.17) is 26.1 Å². The minimum Gasteiger partial charge on any atom is -0.484 e. The van der Waals surface area contributed by atoms with Gasteiger partial charge >= 0.3 is 0 Å². The number of aromatic nitrogens is 2. The number of hydrogen-bond donors (Lipinski definition) is 1. The van der Waals surface area contributed by atoms with Crippen LogP contribution in [0.3, 0.4) is 0 Å². The highest BCUT2D eigenvalue weighted by atomic mass is 35.5. The van der Waals surface area contributed by atoms with Gasteiger partial charge in [0.2, 0.25) is 0 Å². The predicted octanol–water partition coefficient (Wildman–Crippen LogP) is 3.46. The molecule has 1 heterocycles. The van der Waals surface area contributed by atoms with Gasteiger partial charge in [-0.15, -0.1) is 0 Å². The van der Waals surface area contributed by atoms with Crippen LogP contribution in [0.5, 0.6) is 5.75 Å². The molecule has 28 heavy (non-hydrogen) atoms. The minimum atomic E-state index is -0.174. The average Bonchev–Trinajstić information content (AvgIpc) is 3.05. The fraction of sp³-hybridized carbons (Fsp3) is 0.333. The van der Waals surface area contributed by atoms with Gasteiger partial charge < -0.3 is 19.4 Å². The molecule has 0 saturated heterocycles.